The van der Waals surface area contributed by atoms with Gasteiger partial charge in [-0.05, 0) is 44.5 Å². The second-order valence-electron chi connectivity index (χ2n) is 4.92. The summed E-state index contributed by atoms with van der Waals surface area (Å²) < 4.78 is 11.0. The summed E-state index contributed by atoms with van der Waals surface area (Å²) in [7, 11) is 0. The molecule has 2 aromatic rings. The molecule has 0 radical (unpaired) electrons. The fourth-order valence-electron chi connectivity index (χ4n) is 2.15. The maximum absolute atomic E-state index is 12.5. The zero-order valence-corrected chi connectivity index (χ0v) is 14.2. The van der Waals surface area contributed by atoms with Gasteiger partial charge >= 0.3 is 0 Å². The Morgan fingerprint density at radius 1 is 1.13 bits per heavy atom. The average molecular weight is 334 g/mol. The van der Waals surface area contributed by atoms with Gasteiger partial charge in [-0.2, -0.15) is 0 Å². The molecule has 0 saturated heterocycles. The van der Waals surface area contributed by atoms with E-state index in [1.54, 1.807) is 12.1 Å². The summed E-state index contributed by atoms with van der Waals surface area (Å²) in [5.74, 6) is 0.686. The van der Waals surface area contributed by atoms with Crippen molar-refractivity contribution in [1.82, 2.24) is 0 Å². The molecular formula is C18H20ClNO3. The van der Waals surface area contributed by atoms with Crippen molar-refractivity contribution in [3.63, 3.8) is 0 Å². The molecule has 0 aliphatic heterocycles. The minimum Gasteiger partial charge on any atom is -0.490 e. The third-order valence-corrected chi connectivity index (χ3v) is 3.53. The first kappa shape index (κ1) is 17.2. The van der Waals surface area contributed by atoms with Gasteiger partial charge in [0, 0.05) is 11.3 Å². The van der Waals surface area contributed by atoms with Crippen molar-refractivity contribution < 1.29 is 14.3 Å². The number of carbonyl (C=O) groups excluding carboxylic acids is 1. The number of halogens is 1. The normalized spacial score (nSPS) is 10.3. The fraction of sp³-hybridized carbons (Fsp3) is 0.278. The molecule has 0 atom stereocenters. The van der Waals surface area contributed by atoms with Crippen LogP contribution in [0.4, 0.5) is 5.69 Å². The Labute approximate surface area is 141 Å². The SMILES string of the molecule is CCOc1cc(C(=O)Nc2ccccc2C)cc(Cl)c1OCC. The second kappa shape index (κ2) is 7.88. The first-order valence-corrected chi connectivity index (χ1v) is 7.90. The number of amides is 1. The summed E-state index contributed by atoms with van der Waals surface area (Å²) in [4.78, 5) is 12.5. The minimum absolute atomic E-state index is 0.245. The van der Waals surface area contributed by atoms with Crippen LogP contribution in [0.5, 0.6) is 11.5 Å². The predicted molar refractivity (Wildman–Crippen MR) is 92.9 cm³/mol. The van der Waals surface area contributed by atoms with Gasteiger partial charge in [0.2, 0.25) is 0 Å². The molecule has 2 aromatic carbocycles. The van der Waals surface area contributed by atoms with Crippen LogP contribution in [0.3, 0.4) is 0 Å². The largest absolute Gasteiger partial charge is 0.490 e. The number of hydrogen-bond donors (Lipinski definition) is 1. The van der Waals surface area contributed by atoms with E-state index in [4.69, 9.17) is 21.1 Å². The molecule has 1 N–H and O–H groups in total. The zero-order chi connectivity index (χ0) is 16.8. The Hall–Kier alpha value is -2.20. The van der Waals surface area contributed by atoms with Crippen molar-refractivity contribution in [2.45, 2.75) is 20.8 Å². The van der Waals surface area contributed by atoms with Crippen LogP contribution in [0.15, 0.2) is 36.4 Å². The molecule has 0 saturated carbocycles. The number of aryl methyl sites for hydroxylation is 1. The molecule has 0 heterocycles. The third-order valence-electron chi connectivity index (χ3n) is 3.25. The maximum Gasteiger partial charge on any atom is 0.255 e. The molecule has 4 nitrogen and oxygen atoms in total. The number of nitrogens with one attached hydrogen (secondary N) is 1. The van der Waals surface area contributed by atoms with Gasteiger partial charge in [0.1, 0.15) is 0 Å². The van der Waals surface area contributed by atoms with Gasteiger partial charge < -0.3 is 14.8 Å². The average Bonchev–Trinajstić information content (AvgIpc) is 2.53. The van der Waals surface area contributed by atoms with Crippen LogP contribution in [-0.2, 0) is 0 Å². The molecule has 0 unspecified atom stereocenters. The number of benzene rings is 2. The maximum atomic E-state index is 12.5. The Bertz CT molecular complexity index is 701. The monoisotopic (exact) mass is 333 g/mol. The van der Waals surface area contributed by atoms with E-state index in [1.807, 2.05) is 45.0 Å². The molecule has 0 aliphatic rings. The summed E-state index contributed by atoms with van der Waals surface area (Å²) in [6.07, 6.45) is 0. The van der Waals surface area contributed by atoms with Crippen LogP contribution in [0.2, 0.25) is 5.02 Å². The number of carbonyl (C=O) groups is 1. The van der Waals surface area contributed by atoms with E-state index in [-0.39, 0.29) is 5.91 Å². The molecular weight excluding hydrogens is 314 g/mol. The van der Waals surface area contributed by atoms with E-state index in [9.17, 15) is 4.79 Å². The predicted octanol–water partition coefficient (Wildman–Crippen LogP) is 4.70. The molecule has 0 aliphatic carbocycles. The number of hydrogen-bond acceptors (Lipinski definition) is 3. The van der Waals surface area contributed by atoms with E-state index in [1.165, 1.54) is 0 Å². The van der Waals surface area contributed by atoms with Gasteiger partial charge in [-0.1, -0.05) is 29.8 Å². The number of para-hydroxylation sites is 1. The zero-order valence-electron chi connectivity index (χ0n) is 13.5. The van der Waals surface area contributed by atoms with Crippen LogP contribution in [-0.4, -0.2) is 19.1 Å². The molecule has 0 bridgehead atoms. The highest BCUT2D eigenvalue weighted by Gasteiger charge is 2.16. The lowest BCUT2D eigenvalue weighted by Crippen LogP contribution is -2.13. The Morgan fingerprint density at radius 2 is 1.83 bits per heavy atom. The molecule has 122 valence electrons. The second-order valence-corrected chi connectivity index (χ2v) is 5.33. The number of rotatable bonds is 6. The fourth-order valence-corrected chi connectivity index (χ4v) is 2.42. The molecule has 1 amide bonds. The van der Waals surface area contributed by atoms with Crippen molar-refractivity contribution in [2.75, 3.05) is 18.5 Å². The number of anilines is 1. The first-order valence-electron chi connectivity index (χ1n) is 7.52. The lowest BCUT2D eigenvalue weighted by atomic mass is 10.1. The van der Waals surface area contributed by atoms with Gasteiger partial charge in [0.15, 0.2) is 11.5 Å². The summed E-state index contributed by atoms with van der Waals surface area (Å²) in [6.45, 7) is 6.59. The van der Waals surface area contributed by atoms with E-state index < -0.39 is 0 Å². The van der Waals surface area contributed by atoms with Crippen LogP contribution >= 0.6 is 11.6 Å². The molecule has 0 fully saturated rings. The Balaban J connectivity index is 2.31. The van der Waals surface area contributed by atoms with Crippen LogP contribution in [0, 0.1) is 6.92 Å². The van der Waals surface area contributed by atoms with Crippen molar-refractivity contribution in [3.8, 4) is 11.5 Å². The lowest BCUT2D eigenvalue weighted by molar-refractivity contribution is 0.102. The topological polar surface area (TPSA) is 47.6 Å². The summed E-state index contributed by atoms with van der Waals surface area (Å²) >= 11 is 6.24. The molecule has 5 heteroatoms. The van der Waals surface area contributed by atoms with Gasteiger partial charge in [0.25, 0.3) is 5.91 Å². The van der Waals surface area contributed by atoms with E-state index in [0.717, 1.165) is 11.3 Å². The van der Waals surface area contributed by atoms with Gasteiger partial charge in [-0.3, -0.25) is 4.79 Å². The van der Waals surface area contributed by atoms with E-state index in [2.05, 4.69) is 5.32 Å². The van der Waals surface area contributed by atoms with Crippen molar-refractivity contribution >= 4 is 23.2 Å². The van der Waals surface area contributed by atoms with Crippen molar-refractivity contribution in [3.05, 3.63) is 52.5 Å². The van der Waals surface area contributed by atoms with E-state index in [0.29, 0.717) is 35.3 Å². The number of ether oxygens (including phenoxy) is 2. The highest BCUT2D eigenvalue weighted by molar-refractivity contribution is 6.32. The van der Waals surface area contributed by atoms with Gasteiger partial charge in [-0.25, -0.2) is 0 Å². The van der Waals surface area contributed by atoms with Crippen LogP contribution in [0.1, 0.15) is 29.8 Å². The Kier molecular flexibility index (Phi) is 5.88. The summed E-state index contributed by atoms with van der Waals surface area (Å²) in [6, 6.07) is 10.8. The smallest absolute Gasteiger partial charge is 0.255 e. The Morgan fingerprint density at radius 3 is 2.48 bits per heavy atom. The van der Waals surface area contributed by atoms with Crippen LogP contribution < -0.4 is 14.8 Å². The third kappa shape index (κ3) is 4.17. The standard InChI is InChI=1S/C18H20ClNO3/c1-4-22-16-11-13(10-14(19)17(16)23-5-2)18(21)20-15-9-7-6-8-12(15)3/h6-11H,4-5H2,1-3H3,(H,20,21). The van der Waals surface area contributed by atoms with Crippen LogP contribution in [0.25, 0.3) is 0 Å². The molecule has 23 heavy (non-hydrogen) atoms. The van der Waals surface area contributed by atoms with Crippen molar-refractivity contribution in [1.29, 1.82) is 0 Å². The quantitative estimate of drug-likeness (QED) is 0.833. The van der Waals surface area contributed by atoms with Gasteiger partial charge in [0.05, 0.1) is 18.2 Å². The highest BCUT2D eigenvalue weighted by Crippen LogP contribution is 2.37. The minimum atomic E-state index is -0.245. The van der Waals surface area contributed by atoms with Crippen molar-refractivity contribution in [2.24, 2.45) is 0 Å². The first-order chi connectivity index (χ1) is 11.1. The van der Waals surface area contributed by atoms with E-state index >= 15 is 0 Å². The highest BCUT2D eigenvalue weighted by atomic mass is 35.5. The lowest BCUT2D eigenvalue weighted by Gasteiger charge is -2.14. The molecule has 2 rings (SSSR count). The molecule has 0 aromatic heterocycles. The van der Waals surface area contributed by atoms with Gasteiger partial charge in [-0.15, -0.1) is 0 Å². The molecule has 0 spiro atoms. The summed E-state index contributed by atoms with van der Waals surface area (Å²) in [5, 5.41) is 3.23. The summed E-state index contributed by atoms with van der Waals surface area (Å²) in [5.41, 5.74) is 2.17.